The molecule has 0 N–H and O–H groups in total. The summed E-state index contributed by atoms with van der Waals surface area (Å²) in [4.78, 5) is 0. The minimum Gasteiger partial charge on any atom is -0.450 e. The van der Waals surface area contributed by atoms with Crippen molar-refractivity contribution in [2.75, 3.05) is 6.54 Å². The molecule has 0 aromatic rings. The second kappa shape index (κ2) is 3.51. The van der Waals surface area contributed by atoms with Crippen LogP contribution in [0.2, 0.25) is 0 Å². The number of rotatable bonds is 2. The van der Waals surface area contributed by atoms with Crippen molar-refractivity contribution in [3.63, 3.8) is 0 Å². The summed E-state index contributed by atoms with van der Waals surface area (Å²) in [7, 11) is 0. The first-order valence-electron chi connectivity index (χ1n) is 2.91. The third-order valence-corrected chi connectivity index (χ3v) is 1.02. The molecule has 10 heavy (non-hydrogen) atoms. The van der Waals surface area contributed by atoms with Gasteiger partial charge in [-0.05, 0) is 0 Å². The molecule has 4 heteroatoms. The van der Waals surface area contributed by atoms with Gasteiger partial charge < -0.3 is 4.74 Å². The van der Waals surface area contributed by atoms with Crippen molar-refractivity contribution in [3.8, 4) is 6.07 Å². The average Bonchev–Trinajstić information content (AvgIpc) is 2.03. The van der Waals surface area contributed by atoms with Crippen molar-refractivity contribution in [2.45, 2.75) is 6.42 Å². The van der Waals surface area contributed by atoms with E-state index in [1.54, 1.807) is 11.2 Å². The van der Waals surface area contributed by atoms with Gasteiger partial charge in [-0.1, -0.05) is 0 Å². The third kappa shape index (κ3) is 1.78. The lowest BCUT2D eigenvalue weighted by atomic mass is 10.5. The van der Waals surface area contributed by atoms with E-state index in [2.05, 4.69) is 9.84 Å². The molecule has 4 nitrogen and oxygen atoms in total. The van der Waals surface area contributed by atoms with Gasteiger partial charge >= 0.3 is 0 Å². The molecule has 0 aromatic carbocycles. The first-order valence-corrected chi connectivity index (χ1v) is 2.91. The van der Waals surface area contributed by atoms with Crippen LogP contribution in [-0.4, -0.2) is 18.0 Å². The fourth-order valence-electron chi connectivity index (χ4n) is 0.564. The second-order valence-electron chi connectivity index (χ2n) is 1.71. The standard InChI is InChI=1S/C6H7N3O/c7-2-1-3-9-4-5-10-6-8-9/h4-6H,1,3H2. The molecule has 0 atom stereocenters. The molecule has 0 saturated heterocycles. The predicted molar refractivity (Wildman–Crippen MR) is 35.7 cm³/mol. The lowest BCUT2D eigenvalue weighted by Gasteiger charge is -2.13. The van der Waals surface area contributed by atoms with Gasteiger partial charge in [0.1, 0.15) is 6.26 Å². The molecule has 0 aliphatic carbocycles. The average molecular weight is 137 g/mol. The van der Waals surface area contributed by atoms with E-state index < -0.39 is 0 Å². The Bertz CT molecular complexity index is 180. The van der Waals surface area contributed by atoms with Gasteiger partial charge in [-0.2, -0.15) is 5.26 Å². The molecule has 0 bridgehead atoms. The fourth-order valence-corrected chi connectivity index (χ4v) is 0.564. The lowest BCUT2D eigenvalue weighted by molar-refractivity contribution is 0.344. The molecule has 0 spiro atoms. The van der Waals surface area contributed by atoms with Crippen LogP contribution in [0.5, 0.6) is 0 Å². The number of hydrazone groups is 1. The Balaban J connectivity index is 2.28. The molecule has 1 rings (SSSR count). The first kappa shape index (κ1) is 6.62. The second-order valence-corrected chi connectivity index (χ2v) is 1.71. The predicted octanol–water partition coefficient (Wildman–Crippen LogP) is 0.647. The number of ether oxygens (including phenoxy) is 1. The summed E-state index contributed by atoms with van der Waals surface area (Å²) < 4.78 is 4.68. The minimum absolute atomic E-state index is 0.474. The molecule has 1 aliphatic rings. The van der Waals surface area contributed by atoms with Crippen molar-refractivity contribution in [1.29, 1.82) is 5.26 Å². The van der Waals surface area contributed by atoms with E-state index in [1.807, 2.05) is 6.07 Å². The van der Waals surface area contributed by atoms with Crippen LogP contribution in [-0.2, 0) is 4.74 Å². The van der Waals surface area contributed by atoms with Gasteiger partial charge in [0.05, 0.1) is 25.2 Å². The van der Waals surface area contributed by atoms with E-state index in [0.717, 1.165) is 0 Å². The monoisotopic (exact) mass is 137 g/mol. The molecule has 0 amide bonds. The van der Waals surface area contributed by atoms with Crippen LogP contribution in [0.1, 0.15) is 6.42 Å². The molecule has 1 heterocycles. The van der Waals surface area contributed by atoms with Gasteiger partial charge in [0, 0.05) is 0 Å². The van der Waals surface area contributed by atoms with Crippen LogP contribution in [0, 0.1) is 11.3 Å². The number of hydrogen-bond acceptors (Lipinski definition) is 4. The van der Waals surface area contributed by atoms with E-state index in [9.17, 15) is 0 Å². The van der Waals surface area contributed by atoms with Crippen molar-refractivity contribution in [2.24, 2.45) is 5.10 Å². The van der Waals surface area contributed by atoms with Crippen LogP contribution in [0.25, 0.3) is 0 Å². The Morgan fingerprint density at radius 1 is 1.70 bits per heavy atom. The Labute approximate surface area is 59.0 Å². The summed E-state index contributed by atoms with van der Waals surface area (Å²) in [6.45, 7) is 0.618. The molecular formula is C6H7N3O. The van der Waals surface area contributed by atoms with Gasteiger partial charge in [-0.3, -0.25) is 5.01 Å². The number of hydrogen-bond donors (Lipinski definition) is 0. The number of nitriles is 1. The summed E-state index contributed by atoms with van der Waals surface area (Å²) >= 11 is 0. The summed E-state index contributed by atoms with van der Waals surface area (Å²) in [6.07, 6.45) is 5.00. The number of nitrogens with zero attached hydrogens (tertiary/aromatic N) is 3. The zero-order valence-corrected chi connectivity index (χ0v) is 5.40. The molecule has 0 unspecified atom stereocenters. The van der Waals surface area contributed by atoms with Crippen LogP contribution in [0.4, 0.5) is 0 Å². The molecular weight excluding hydrogens is 130 g/mol. The smallest absolute Gasteiger partial charge is 0.198 e. The molecule has 0 saturated carbocycles. The Hall–Kier alpha value is -1.50. The van der Waals surface area contributed by atoms with Crippen molar-refractivity contribution < 1.29 is 4.74 Å². The Morgan fingerprint density at radius 2 is 2.60 bits per heavy atom. The summed E-state index contributed by atoms with van der Waals surface area (Å²) in [5, 5.41) is 13.7. The molecule has 1 aliphatic heterocycles. The Morgan fingerprint density at radius 3 is 3.20 bits per heavy atom. The van der Waals surface area contributed by atoms with Crippen molar-refractivity contribution >= 4 is 6.40 Å². The third-order valence-electron chi connectivity index (χ3n) is 1.02. The largest absolute Gasteiger partial charge is 0.450 e. The molecule has 0 radical (unpaired) electrons. The summed E-state index contributed by atoms with van der Waals surface area (Å²) in [5.74, 6) is 0. The van der Waals surface area contributed by atoms with E-state index in [-0.39, 0.29) is 0 Å². The van der Waals surface area contributed by atoms with Crippen LogP contribution in [0.3, 0.4) is 0 Å². The molecule has 0 fully saturated rings. The van der Waals surface area contributed by atoms with Gasteiger partial charge in [0.2, 0.25) is 0 Å². The highest BCUT2D eigenvalue weighted by Crippen LogP contribution is 1.96. The van der Waals surface area contributed by atoms with E-state index in [0.29, 0.717) is 13.0 Å². The normalized spacial score (nSPS) is 14.5. The topological polar surface area (TPSA) is 48.6 Å². The van der Waals surface area contributed by atoms with Gasteiger partial charge in [-0.25, -0.2) is 0 Å². The highest BCUT2D eigenvalue weighted by molar-refractivity contribution is 5.47. The van der Waals surface area contributed by atoms with E-state index >= 15 is 0 Å². The zero-order valence-electron chi connectivity index (χ0n) is 5.40. The SMILES string of the molecule is N#CCCN1C=COC=N1. The maximum Gasteiger partial charge on any atom is 0.198 e. The van der Waals surface area contributed by atoms with Gasteiger partial charge in [0.25, 0.3) is 0 Å². The van der Waals surface area contributed by atoms with E-state index in [4.69, 9.17) is 5.26 Å². The summed E-state index contributed by atoms with van der Waals surface area (Å²) in [6, 6.07) is 2.02. The van der Waals surface area contributed by atoms with Gasteiger partial charge in [-0.15, -0.1) is 5.10 Å². The van der Waals surface area contributed by atoms with Crippen LogP contribution >= 0.6 is 0 Å². The van der Waals surface area contributed by atoms with Crippen LogP contribution in [0.15, 0.2) is 17.6 Å². The Kier molecular flexibility index (Phi) is 2.32. The van der Waals surface area contributed by atoms with E-state index in [1.165, 1.54) is 12.7 Å². The first-order chi connectivity index (χ1) is 4.93. The van der Waals surface area contributed by atoms with Crippen molar-refractivity contribution in [1.82, 2.24) is 5.01 Å². The maximum atomic E-state index is 8.21. The zero-order chi connectivity index (χ0) is 7.23. The fraction of sp³-hybridized carbons (Fsp3) is 0.333. The molecule has 0 aromatic heterocycles. The van der Waals surface area contributed by atoms with Crippen molar-refractivity contribution in [3.05, 3.63) is 12.5 Å². The summed E-state index contributed by atoms with van der Waals surface area (Å²) in [5.41, 5.74) is 0. The molecule has 52 valence electrons. The maximum absolute atomic E-state index is 8.21. The quantitative estimate of drug-likeness (QED) is 0.561. The minimum atomic E-state index is 0.474. The highest BCUT2D eigenvalue weighted by atomic mass is 16.5. The lowest BCUT2D eigenvalue weighted by Crippen LogP contribution is -2.13. The van der Waals surface area contributed by atoms with Crippen LogP contribution < -0.4 is 0 Å². The van der Waals surface area contributed by atoms with Gasteiger partial charge in [0.15, 0.2) is 6.40 Å². The highest BCUT2D eigenvalue weighted by Gasteiger charge is 1.96.